The number of hydrogen-bond acceptors (Lipinski definition) is 3. The highest BCUT2D eigenvalue weighted by atomic mass is 19.1. The number of halogens is 1. The van der Waals surface area contributed by atoms with E-state index in [0.29, 0.717) is 17.2 Å². The van der Waals surface area contributed by atoms with Gasteiger partial charge >= 0.3 is 0 Å². The van der Waals surface area contributed by atoms with Crippen molar-refractivity contribution in [3.05, 3.63) is 89.2 Å². The average Bonchev–Trinajstić information content (AvgIpc) is 3.28. The zero-order chi connectivity index (χ0) is 24.4. The molecule has 0 saturated heterocycles. The molecule has 0 spiro atoms. The molecular weight excluding hydrogens is 441 g/mol. The Labute approximate surface area is 205 Å². The minimum atomic E-state index is -0.370. The molecule has 1 aliphatic heterocycles. The molecule has 2 amide bonds. The van der Waals surface area contributed by atoms with Crippen LogP contribution in [0.2, 0.25) is 0 Å². The Morgan fingerprint density at radius 2 is 1.60 bits per heavy atom. The van der Waals surface area contributed by atoms with Gasteiger partial charge in [-0.15, -0.1) is 0 Å². The number of amides is 2. The minimum absolute atomic E-state index is 0.104. The molecule has 1 heterocycles. The van der Waals surface area contributed by atoms with Gasteiger partial charge in [-0.25, -0.2) is 4.39 Å². The third-order valence-corrected chi connectivity index (χ3v) is 7.25. The number of rotatable bonds is 5. The smallest absolute Gasteiger partial charge is 0.255 e. The van der Waals surface area contributed by atoms with Gasteiger partial charge < -0.3 is 16.0 Å². The van der Waals surface area contributed by atoms with Crippen molar-refractivity contribution < 1.29 is 14.0 Å². The fraction of sp³-hybridized carbons (Fsp3) is 0.310. The van der Waals surface area contributed by atoms with Crippen LogP contribution in [0, 0.1) is 17.7 Å². The first-order valence-corrected chi connectivity index (χ1v) is 12.3. The largest absolute Gasteiger partial charge is 0.378 e. The lowest BCUT2D eigenvalue weighted by atomic mass is 9.80. The van der Waals surface area contributed by atoms with Crippen LogP contribution in [0.25, 0.3) is 0 Å². The van der Waals surface area contributed by atoms with Crippen molar-refractivity contribution in [2.75, 3.05) is 16.0 Å². The van der Waals surface area contributed by atoms with Crippen LogP contribution in [0.1, 0.15) is 60.1 Å². The number of nitrogens with one attached hydrogen (secondary N) is 3. The second-order valence-corrected chi connectivity index (χ2v) is 9.71. The summed E-state index contributed by atoms with van der Waals surface area (Å²) in [5.41, 5.74) is 5.25. The number of carbonyl (C=O) groups excluding carboxylic acids is 2. The molecule has 3 aromatic carbocycles. The van der Waals surface area contributed by atoms with Crippen molar-refractivity contribution >= 4 is 28.9 Å². The number of anilines is 3. The van der Waals surface area contributed by atoms with Crippen LogP contribution < -0.4 is 16.0 Å². The molecule has 3 N–H and O–H groups in total. The van der Waals surface area contributed by atoms with Crippen LogP contribution in [0.15, 0.2) is 66.7 Å². The summed E-state index contributed by atoms with van der Waals surface area (Å²) in [6, 6.07) is 19.5. The van der Waals surface area contributed by atoms with Crippen LogP contribution in [0.4, 0.5) is 21.5 Å². The van der Waals surface area contributed by atoms with Crippen LogP contribution in [0.5, 0.6) is 0 Å². The normalized spacial score (nSPS) is 21.0. The maximum atomic E-state index is 13.1. The van der Waals surface area contributed by atoms with Gasteiger partial charge in [0.1, 0.15) is 5.82 Å². The Balaban J connectivity index is 1.20. The lowest BCUT2D eigenvalue weighted by Gasteiger charge is -2.27. The lowest BCUT2D eigenvalue weighted by molar-refractivity contribution is -0.122. The monoisotopic (exact) mass is 471 g/mol. The van der Waals surface area contributed by atoms with Crippen molar-refractivity contribution in [3.63, 3.8) is 0 Å². The highest BCUT2D eigenvalue weighted by Crippen LogP contribution is 2.36. The zero-order valence-electron chi connectivity index (χ0n) is 19.8. The molecule has 35 heavy (non-hydrogen) atoms. The fourth-order valence-corrected chi connectivity index (χ4v) is 5.19. The Kier molecular flexibility index (Phi) is 6.53. The summed E-state index contributed by atoms with van der Waals surface area (Å²) in [7, 11) is 0. The van der Waals surface area contributed by atoms with Gasteiger partial charge in [0.25, 0.3) is 5.91 Å². The van der Waals surface area contributed by atoms with Crippen LogP contribution in [-0.4, -0.2) is 11.8 Å². The standard InChI is InChI=1S/C29H30FN3O2/c1-18-4-2-3-5-25(18)29(35)31-23-12-8-19(9-13-23)27-17-21-16-24(14-15-26(21)33-27)32-28(34)20-6-10-22(30)11-7-20/h6-16,18,25,27,33H,2-5,17H2,1H3,(H,31,35)(H,32,34). The van der Waals surface area contributed by atoms with Crippen molar-refractivity contribution in [1.82, 2.24) is 0 Å². The van der Waals surface area contributed by atoms with Crippen molar-refractivity contribution in [2.45, 2.75) is 45.1 Å². The molecule has 5 nitrogen and oxygen atoms in total. The average molecular weight is 472 g/mol. The maximum absolute atomic E-state index is 13.1. The molecule has 1 aliphatic carbocycles. The fourth-order valence-electron chi connectivity index (χ4n) is 5.19. The van der Waals surface area contributed by atoms with E-state index in [0.717, 1.165) is 48.2 Å². The lowest BCUT2D eigenvalue weighted by Crippen LogP contribution is -2.30. The van der Waals surface area contributed by atoms with E-state index in [1.165, 1.54) is 30.7 Å². The molecule has 5 rings (SSSR count). The second kappa shape index (κ2) is 9.90. The topological polar surface area (TPSA) is 70.2 Å². The predicted octanol–water partition coefficient (Wildman–Crippen LogP) is 6.55. The van der Waals surface area contributed by atoms with Gasteiger partial charge in [0, 0.05) is 28.5 Å². The summed E-state index contributed by atoms with van der Waals surface area (Å²) in [5.74, 6) is 0.0338. The number of fused-ring (bicyclic) bond motifs is 1. The third kappa shape index (κ3) is 5.21. The first-order chi connectivity index (χ1) is 17.0. The van der Waals surface area contributed by atoms with E-state index in [1.54, 1.807) is 0 Å². The first-order valence-electron chi connectivity index (χ1n) is 12.3. The van der Waals surface area contributed by atoms with Crippen LogP contribution >= 0.6 is 0 Å². The molecule has 180 valence electrons. The van der Waals surface area contributed by atoms with E-state index in [-0.39, 0.29) is 29.6 Å². The predicted molar refractivity (Wildman–Crippen MR) is 137 cm³/mol. The Morgan fingerprint density at radius 1 is 0.886 bits per heavy atom. The molecule has 3 atom stereocenters. The highest BCUT2D eigenvalue weighted by molar-refractivity contribution is 6.04. The van der Waals surface area contributed by atoms with E-state index in [4.69, 9.17) is 0 Å². The van der Waals surface area contributed by atoms with E-state index in [2.05, 4.69) is 35.0 Å². The third-order valence-electron chi connectivity index (χ3n) is 7.25. The molecule has 1 fully saturated rings. The van der Waals surface area contributed by atoms with Crippen molar-refractivity contribution in [1.29, 1.82) is 0 Å². The van der Waals surface area contributed by atoms with Gasteiger partial charge in [-0.3, -0.25) is 9.59 Å². The molecule has 6 heteroatoms. The van der Waals surface area contributed by atoms with Gasteiger partial charge in [0.05, 0.1) is 6.04 Å². The number of hydrogen-bond donors (Lipinski definition) is 3. The Morgan fingerprint density at radius 3 is 2.34 bits per heavy atom. The summed E-state index contributed by atoms with van der Waals surface area (Å²) in [6.07, 6.45) is 5.25. The maximum Gasteiger partial charge on any atom is 0.255 e. The zero-order valence-corrected chi connectivity index (χ0v) is 19.8. The number of carbonyl (C=O) groups is 2. The molecule has 0 radical (unpaired) electrons. The van der Waals surface area contributed by atoms with E-state index in [1.807, 2.05) is 30.3 Å². The summed E-state index contributed by atoms with van der Waals surface area (Å²) < 4.78 is 13.1. The molecule has 3 unspecified atom stereocenters. The highest BCUT2D eigenvalue weighted by Gasteiger charge is 2.28. The second-order valence-electron chi connectivity index (χ2n) is 9.71. The minimum Gasteiger partial charge on any atom is -0.378 e. The molecule has 0 aromatic heterocycles. The van der Waals surface area contributed by atoms with Crippen LogP contribution in [-0.2, 0) is 11.2 Å². The summed E-state index contributed by atoms with van der Waals surface area (Å²) >= 11 is 0. The van der Waals surface area contributed by atoms with Gasteiger partial charge in [0.15, 0.2) is 0 Å². The van der Waals surface area contributed by atoms with Crippen molar-refractivity contribution in [2.24, 2.45) is 11.8 Å². The molecular formula is C29H30FN3O2. The molecule has 3 aromatic rings. The first kappa shape index (κ1) is 23.1. The van der Waals surface area contributed by atoms with E-state index >= 15 is 0 Å². The summed E-state index contributed by atoms with van der Waals surface area (Å²) in [4.78, 5) is 25.2. The Bertz CT molecular complexity index is 1220. The molecule has 1 saturated carbocycles. The summed E-state index contributed by atoms with van der Waals surface area (Å²) in [5, 5.41) is 9.53. The van der Waals surface area contributed by atoms with Crippen molar-refractivity contribution in [3.8, 4) is 0 Å². The number of benzene rings is 3. The van der Waals surface area contributed by atoms with Gasteiger partial charge in [-0.2, -0.15) is 0 Å². The van der Waals surface area contributed by atoms with Gasteiger partial charge in [-0.1, -0.05) is 31.9 Å². The molecule has 0 bridgehead atoms. The van der Waals surface area contributed by atoms with Crippen LogP contribution in [0.3, 0.4) is 0 Å². The molecule has 2 aliphatic rings. The van der Waals surface area contributed by atoms with Gasteiger partial charge in [-0.05, 0) is 90.9 Å². The van der Waals surface area contributed by atoms with E-state index in [9.17, 15) is 14.0 Å². The SMILES string of the molecule is CC1CCCCC1C(=O)Nc1ccc(C2Cc3cc(NC(=O)c4ccc(F)cc4)ccc3N2)cc1. The van der Waals surface area contributed by atoms with E-state index < -0.39 is 0 Å². The van der Waals surface area contributed by atoms with Gasteiger partial charge in [0.2, 0.25) is 5.91 Å². The summed E-state index contributed by atoms with van der Waals surface area (Å²) in [6.45, 7) is 2.18. The Hall–Kier alpha value is -3.67. The quantitative estimate of drug-likeness (QED) is 0.395.